The summed E-state index contributed by atoms with van der Waals surface area (Å²) < 4.78 is 32.7. The second kappa shape index (κ2) is 8.56. The first kappa shape index (κ1) is 24.2. The highest BCUT2D eigenvalue weighted by Crippen LogP contribution is 2.65. The van der Waals surface area contributed by atoms with E-state index in [1.165, 1.54) is 18.1 Å². The van der Waals surface area contributed by atoms with Crippen LogP contribution in [0.1, 0.15) is 37.2 Å². The van der Waals surface area contributed by atoms with E-state index in [-0.39, 0.29) is 46.2 Å². The van der Waals surface area contributed by atoms with Gasteiger partial charge in [0.1, 0.15) is 29.4 Å². The van der Waals surface area contributed by atoms with Crippen LogP contribution in [-0.4, -0.2) is 65.9 Å². The molecular weight excluding hydrogens is 474 g/mol. The Hall–Kier alpha value is -3.50. The van der Waals surface area contributed by atoms with Gasteiger partial charge in [0.25, 0.3) is 5.91 Å². The number of ether oxygens (including phenoxy) is 1. The Labute approximate surface area is 205 Å². The molecule has 5 rings (SSSR count). The van der Waals surface area contributed by atoms with E-state index in [0.29, 0.717) is 19.5 Å². The van der Waals surface area contributed by atoms with Crippen LogP contribution in [0.25, 0.3) is 10.9 Å². The van der Waals surface area contributed by atoms with Crippen LogP contribution in [0.5, 0.6) is 0 Å². The standard InChI is InChI=1S/C25H28F2N4O5/c1-25(2)14-10-31(23(34)17-9-13-15(27)7-12(26)8-16(13)29-17)20(19(14)25)22(33)30-18(24(35)36-3)6-11-4-5-28-21(11)32/h7-9,11,14,18-20,29H,4-6,10H2,1-3H3,(H,28,32)(H,30,33)/t11-,14-,18-,19-,20-/m0/s1. The number of hydrogen-bond donors (Lipinski definition) is 3. The predicted octanol–water partition coefficient (Wildman–Crippen LogP) is 1.73. The zero-order chi connectivity index (χ0) is 25.9. The molecule has 0 unspecified atom stereocenters. The molecule has 1 aromatic carbocycles. The highest BCUT2D eigenvalue weighted by atomic mass is 19.1. The topological polar surface area (TPSA) is 121 Å². The molecule has 192 valence electrons. The van der Waals surface area contributed by atoms with Gasteiger partial charge in [0.15, 0.2) is 0 Å². The summed E-state index contributed by atoms with van der Waals surface area (Å²) in [4.78, 5) is 55.7. The Morgan fingerprint density at radius 2 is 2.00 bits per heavy atom. The lowest BCUT2D eigenvalue weighted by Crippen LogP contribution is -2.54. The lowest BCUT2D eigenvalue weighted by molar-refractivity contribution is -0.146. The number of methoxy groups -OCH3 is 1. The molecule has 3 N–H and O–H groups in total. The molecular formula is C25H28F2N4O5. The third-order valence-corrected chi connectivity index (χ3v) is 8.11. The molecule has 0 radical (unpaired) electrons. The molecule has 3 amide bonds. The van der Waals surface area contributed by atoms with Gasteiger partial charge in [-0.05, 0) is 42.2 Å². The number of nitrogens with zero attached hydrogens (tertiary/aromatic N) is 1. The molecule has 2 aromatic rings. The van der Waals surface area contributed by atoms with Crippen molar-refractivity contribution in [2.24, 2.45) is 23.2 Å². The normalized spacial score (nSPS) is 26.9. The molecule has 2 saturated heterocycles. The third-order valence-electron chi connectivity index (χ3n) is 8.11. The van der Waals surface area contributed by atoms with Crippen LogP contribution >= 0.6 is 0 Å². The van der Waals surface area contributed by atoms with E-state index in [4.69, 9.17) is 4.74 Å². The minimum atomic E-state index is -1.04. The van der Waals surface area contributed by atoms with Crippen LogP contribution in [0.2, 0.25) is 0 Å². The molecule has 1 aliphatic carbocycles. The van der Waals surface area contributed by atoms with Crippen molar-refractivity contribution < 1.29 is 32.7 Å². The highest BCUT2D eigenvalue weighted by Gasteiger charge is 2.69. The van der Waals surface area contributed by atoms with Gasteiger partial charge in [-0.2, -0.15) is 0 Å². The Balaban J connectivity index is 1.40. The summed E-state index contributed by atoms with van der Waals surface area (Å²) in [6, 6.07) is 1.25. The van der Waals surface area contributed by atoms with Gasteiger partial charge >= 0.3 is 5.97 Å². The monoisotopic (exact) mass is 502 g/mol. The Kier molecular flexibility index (Phi) is 5.76. The van der Waals surface area contributed by atoms with Crippen molar-refractivity contribution in [1.82, 2.24) is 20.5 Å². The molecule has 3 fully saturated rings. The van der Waals surface area contributed by atoms with Gasteiger partial charge in [-0.1, -0.05) is 13.8 Å². The van der Waals surface area contributed by atoms with Crippen LogP contribution in [0.15, 0.2) is 18.2 Å². The van der Waals surface area contributed by atoms with Crippen molar-refractivity contribution in [3.63, 3.8) is 0 Å². The molecule has 36 heavy (non-hydrogen) atoms. The molecule has 5 atom stereocenters. The maximum absolute atomic E-state index is 14.2. The van der Waals surface area contributed by atoms with E-state index < -0.39 is 47.4 Å². The second-order valence-corrected chi connectivity index (χ2v) is 10.5. The third kappa shape index (κ3) is 3.90. The molecule has 0 spiro atoms. The van der Waals surface area contributed by atoms with E-state index in [1.54, 1.807) is 0 Å². The second-order valence-electron chi connectivity index (χ2n) is 10.5. The number of aromatic nitrogens is 1. The maximum Gasteiger partial charge on any atom is 0.328 e. The molecule has 2 aliphatic heterocycles. The fourth-order valence-electron chi connectivity index (χ4n) is 5.99. The zero-order valence-electron chi connectivity index (χ0n) is 20.2. The number of hydrogen-bond acceptors (Lipinski definition) is 5. The molecule has 3 heterocycles. The zero-order valence-corrected chi connectivity index (χ0v) is 20.2. The molecule has 11 heteroatoms. The number of carbonyl (C=O) groups is 4. The minimum absolute atomic E-state index is 0.0403. The lowest BCUT2D eigenvalue weighted by Gasteiger charge is -2.31. The largest absolute Gasteiger partial charge is 0.467 e. The Morgan fingerprint density at radius 3 is 2.67 bits per heavy atom. The van der Waals surface area contributed by atoms with Gasteiger partial charge in [0.05, 0.1) is 12.6 Å². The summed E-state index contributed by atoms with van der Waals surface area (Å²) in [5.41, 5.74) is 0.00120. The SMILES string of the molecule is COC(=O)[C@H](C[C@@H]1CCNC1=O)NC(=O)[C@@H]1[C@@H]2[C@H](CN1C(=O)c1cc3c(F)cc(F)cc3[nH]1)C2(C)C. The van der Waals surface area contributed by atoms with E-state index in [0.717, 1.165) is 12.1 Å². The van der Waals surface area contributed by atoms with E-state index in [1.807, 2.05) is 13.8 Å². The van der Waals surface area contributed by atoms with Gasteiger partial charge in [-0.15, -0.1) is 0 Å². The molecule has 0 bridgehead atoms. The first-order valence-electron chi connectivity index (χ1n) is 12.0. The first-order valence-corrected chi connectivity index (χ1v) is 12.0. The Bertz CT molecular complexity index is 1270. The van der Waals surface area contributed by atoms with Gasteiger partial charge in [-0.25, -0.2) is 13.6 Å². The number of halogens is 2. The van der Waals surface area contributed by atoms with Gasteiger partial charge < -0.3 is 25.3 Å². The van der Waals surface area contributed by atoms with Crippen molar-refractivity contribution in [2.45, 2.75) is 38.8 Å². The summed E-state index contributed by atoms with van der Waals surface area (Å²) >= 11 is 0. The number of aromatic amines is 1. The molecule has 3 aliphatic rings. The smallest absolute Gasteiger partial charge is 0.328 e. The number of esters is 1. The van der Waals surface area contributed by atoms with Crippen LogP contribution in [0, 0.1) is 34.8 Å². The summed E-state index contributed by atoms with van der Waals surface area (Å²) in [6.07, 6.45) is 0.640. The van der Waals surface area contributed by atoms with Crippen LogP contribution < -0.4 is 10.6 Å². The highest BCUT2D eigenvalue weighted by molar-refractivity contribution is 6.01. The van der Waals surface area contributed by atoms with Crippen molar-refractivity contribution >= 4 is 34.6 Å². The predicted molar refractivity (Wildman–Crippen MR) is 123 cm³/mol. The molecule has 9 nitrogen and oxygen atoms in total. The van der Waals surface area contributed by atoms with Gasteiger partial charge in [0, 0.05) is 30.5 Å². The summed E-state index contributed by atoms with van der Waals surface area (Å²) in [5.74, 6) is -3.92. The van der Waals surface area contributed by atoms with Gasteiger partial charge in [0.2, 0.25) is 11.8 Å². The average molecular weight is 503 g/mol. The average Bonchev–Trinajstić information content (AvgIpc) is 3.33. The summed E-state index contributed by atoms with van der Waals surface area (Å²) in [6.45, 7) is 4.86. The van der Waals surface area contributed by atoms with Crippen molar-refractivity contribution in [3.05, 3.63) is 35.5 Å². The number of benzene rings is 1. The number of amides is 3. The fraction of sp³-hybridized carbons (Fsp3) is 0.520. The number of carbonyl (C=O) groups excluding carboxylic acids is 4. The lowest BCUT2D eigenvalue weighted by atomic mass is 9.96. The summed E-state index contributed by atoms with van der Waals surface area (Å²) in [7, 11) is 1.21. The van der Waals surface area contributed by atoms with E-state index >= 15 is 0 Å². The van der Waals surface area contributed by atoms with Crippen LogP contribution in [-0.2, 0) is 19.1 Å². The van der Waals surface area contributed by atoms with Crippen molar-refractivity contribution in [2.75, 3.05) is 20.2 Å². The maximum atomic E-state index is 14.2. The number of H-pyrrole nitrogens is 1. The number of fused-ring (bicyclic) bond motifs is 2. The van der Waals surface area contributed by atoms with Gasteiger partial charge in [-0.3, -0.25) is 14.4 Å². The number of piperidine rings is 1. The van der Waals surface area contributed by atoms with Crippen molar-refractivity contribution in [3.8, 4) is 0 Å². The minimum Gasteiger partial charge on any atom is -0.467 e. The summed E-state index contributed by atoms with van der Waals surface area (Å²) in [5, 5.41) is 5.51. The van der Waals surface area contributed by atoms with E-state index in [2.05, 4.69) is 15.6 Å². The number of likely N-dealkylation sites (tertiary alicyclic amines) is 1. The van der Waals surface area contributed by atoms with Crippen LogP contribution in [0.4, 0.5) is 8.78 Å². The fourth-order valence-corrected chi connectivity index (χ4v) is 5.99. The van der Waals surface area contributed by atoms with Crippen LogP contribution in [0.3, 0.4) is 0 Å². The number of nitrogens with one attached hydrogen (secondary N) is 3. The molecule has 1 aromatic heterocycles. The van der Waals surface area contributed by atoms with Crippen molar-refractivity contribution in [1.29, 1.82) is 0 Å². The molecule has 1 saturated carbocycles. The Morgan fingerprint density at radius 1 is 1.25 bits per heavy atom. The van der Waals surface area contributed by atoms with E-state index in [9.17, 15) is 28.0 Å². The number of rotatable bonds is 6. The first-order chi connectivity index (χ1) is 17.0. The quantitative estimate of drug-likeness (QED) is 0.520.